The summed E-state index contributed by atoms with van der Waals surface area (Å²) in [6.07, 6.45) is 3.89. The van der Waals surface area contributed by atoms with Crippen LogP contribution in [0.25, 0.3) is 21.8 Å². The minimum atomic E-state index is -1.37. The maximum absolute atomic E-state index is 13.3. The summed E-state index contributed by atoms with van der Waals surface area (Å²) in [6, 6.07) is 10.3. The molecule has 0 saturated carbocycles. The lowest BCUT2D eigenvalue weighted by Gasteiger charge is -2.25. The van der Waals surface area contributed by atoms with Gasteiger partial charge in [-0.25, -0.2) is 4.79 Å². The predicted molar refractivity (Wildman–Crippen MR) is 162 cm³/mol. The molecule has 0 saturated heterocycles. The monoisotopic (exact) mass is 590 g/mol. The number of rotatable bonds is 14. The average Bonchev–Trinajstić information content (AvgIpc) is 3.58. The van der Waals surface area contributed by atoms with Crippen molar-refractivity contribution in [1.82, 2.24) is 25.9 Å². The fraction of sp³-hybridized carbons (Fsp3) is 0.355. The van der Waals surface area contributed by atoms with E-state index in [4.69, 9.17) is 5.73 Å². The third kappa shape index (κ3) is 7.79. The van der Waals surface area contributed by atoms with Crippen LogP contribution >= 0.6 is 0 Å². The van der Waals surface area contributed by atoms with Crippen LogP contribution in [0.5, 0.6) is 0 Å². The van der Waals surface area contributed by atoms with Crippen LogP contribution in [0.15, 0.2) is 60.9 Å². The fourth-order valence-electron chi connectivity index (χ4n) is 5.07. The minimum absolute atomic E-state index is 0.0249. The van der Waals surface area contributed by atoms with Gasteiger partial charge in [0.15, 0.2) is 0 Å². The predicted octanol–water partition coefficient (Wildman–Crippen LogP) is 1.34. The third-order valence-corrected chi connectivity index (χ3v) is 7.32. The van der Waals surface area contributed by atoms with Crippen molar-refractivity contribution in [2.75, 3.05) is 6.61 Å². The van der Waals surface area contributed by atoms with Gasteiger partial charge in [-0.05, 0) is 42.0 Å². The molecule has 9 N–H and O–H groups in total. The van der Waals surface area contributed by atoms with Crippen molar-refractivity contribution in [3.05, 3.63) is 72.1 Å². The fourth-order valence-corrected chi connectivity index (χ4v) is 5.07. The van der Waals surface area contributed by atoms with Crippen LogP contribution in [0, 0.1) is 5.92 Å². The Labute approximate surface area is 248 Å². The zero-order valence-electron chi connectivity index (χ0n) is 24.1. The van der Waals surface area contributed by atoms with E-state index in [-0.39, 0.29) is 25.2 Å². The molecule has 4 aromatic rings. The molecular weight excluding hydrogens is 552 g/mol. The van der Waals surface area contributed by atoms with Gasteiger partial charge >= 0.3 is 5.97 Å². The van der Waals surface area contributed by atoms with Gasteiger partial charge in [-0.15, -0.1) is 0 Å². The standard InChI is InChI=1S/C31H38N6O6/c1-17(2)11-25(29(40)36-26(31(42)43)13-19-15-34-24-10-6-4-8-21(19)24)35-30(41)27(16-38)37-28(39)22(32)12-18-14-33-23-9-5-3-7-20(18)23/h3-10,14-15,17,22,25-27,33-34,38H,11-13,16,32H2,1-2H3,(H,35,41)(H,36,40)(H,37,39)(H,42,43). The lowest BCUT2D eigenvalue weighted by molar-refractivity contribution is -0.142. The Balaban J connectivity index is 1.39. The van der Waals surface area contributed by atoms with E-state index in [0.717, 1.165) is 32.9 Å². The number of H-pyrrole nitrogens is 2. The molecule has 0 aliphatic heterocycles. The van der Waals surface area contributed by atoms with Crippen molar-refractivity contribution in [3.63, 3.8) is 0 Å². The first-order valence-electron chi connectivity index (χ1n) is 14.2. The molecule has 0 fully saturated rings. The number of fused-ring (bicyclic) bond motifs is 2. The molecular formula is C31H38N6O6. The Morgan fingerprint density at radius 1 is 0.744 bits per heavy atom. The van der Waals surface area contributed by atoms with Crippen LogP contribution in [-0.2, 0) is 32.0 Å². The number of aliphatic carboxylic acids is 1. The molecule has 4 rings (SSSR count). The van der Waals surface area contributed by atoms with E-state index in [9.17, 15) is 29.4 Å². The lowest BCUT2D eigenvalue weighted by atomic mass is 10.0. The second-order valence-electron chi connectivity index (χ2n) is 11.1. The molecule has 228 valence electrons. The van der Waals surface area contributed by atoms with E-state index in [1.165, 1.54) is 0 Å². The third-order valence-electron chi connectivity index (χ3n) is 7.32. The molecule has 0 bridgehead atoms. The van der Waals surface area contributed by atoms with Gasteiger partial charge in [-0.3, -0.25) is 14.4 Å². The molecule has 2 aromatic carbocycles. The number of aromatic amines is 2. The number of hydrogen-bond acceptors (Lipinski definition) is 6. The van der Waals surface area contributed by atoms with Gasteiger partial charge in [0.25, 0.3) is 0 Å². The normalized spacial score (nSPS) is 14.3. The summed E-state index contributed by atoms with van der Waals surface area (Å²) < 4.78 is 0. The number of carbonyl (C=O) groups excluding carboxylic acids is 3. The number of benzene rings is 2. The van der Waals surface area contributed by atoms with Gasteiger partial charge in [0.1, 0.15) is 18.1 Å². The van der Waals surface area contributed by atoms with E-state index in [2.05, 4.69) is 25.9 Å². The summed E-state index contributed by atoms with van der Waals surface area (Å²) in [5, 5.41) is 29.1. The highest BCUT2D eigenvalue weighted by Gasteiger charge is 2.31. The smallest absolute Gasteiger partial charge is 0.326 e. The summed E-state index contributed by atoms with van der Waals surface area (Å²) in [5.74, 6) is -3.39. The van der Waals surface area contributed by atoms with Gasteiger partial charge in [0.2, 0.25) is 17.7 Å². The SMILES string of the molecule is CC(C)CC(NC(=O)C(CO)NC(=O)C(N)Cc1c[nH]c2ccccc12)C(=O)NC(Cc1c[nH]c2ccccc12)C(=O)O. The molecule has 0 aliphatic carbocycles. The summed E-state index contributed by atoms with van der Waals surface area (Å²) in [4.78, 5) is 57.5. The van der Waals surface area contributed by atoms with Crippen molar-refractivity contribution >= 4 is 45.5 Å². The molecule has 0 aliphatic rings. The minimum Gasteiger partial charge on any atom is -0.480 e. The maximum atomic E-state index is 13.3. The molecule has 0 spiro atoms. The summed E-state index contributed by atoms with van der Waals surface area (Å²) in [5.41, 5.74) is 9.43. The Hall–Kier alpha value is -4.68. The number of aliphatic hydroxyl groups excluding tert-OH is 1. The summed E-state index contributed by atoms with van der Waals surface area (Å²) in [7, 11) is 0. The molecule has 4 unspecified atom stereocenters. The van der Waals surface area contributed by atoms with Gasteiger partial charge < -0.3 is 41.9 Å². The largest absolute Gasteiger partial charge is 0.480 e. The van der Waals surface area contributed by atoms with E-state index < -0.39 is 54.5 Å². The molecule has 0 radical (unpaired) electrons. The number of nitrogens with one attached hydrogen (secondary N) is 5. The van der Waals surface area contributed by atoms with Crippen molar-refractivity contribution in [2.45, 2.75) is 57.3 Å². The number of nitrogens with two attached hydrogens (primary N) is 1. The highest BCUT2D eigenvalue weighted by atomic mass is 16.4. The Morgan fingerprint density at radius 2 is 1.23 bits per heavy atom. The van der Waals surface area contributed by atoms with E-state index >= 15 is 0 Å². The number of carbonyl (C=O) groups is 4. The van der Waals surface area contributed by atoms with Gasteiger partial charge in [-0.2, -0.15) is 0 Å². The first kappa shape index (κ1) is 31.3. The molecule has 43 heavy (non-hydrogen) atoms. The number of para-hydroxylation sites is 2. The summed E-state index contributed by atoms with van der Waals surface area (Å²) in [6.45, 7) is 2.97. The second kappa shape index (κ2) is 14.0. The molecule has 12 heteroatoms. The topological polar surface area (TPSA) is 202 Å². The van der Waals surface area contributed by atoms with Crippen LogP contribution in [0.4, 0.5) is 0 Å². The van der Waals surface area contributed by atoms with E-state index in [0.29, 0.717) is 0 Å². The number of aromatic nitrogens is 2. The number of carboxylic acid groups (broad SMARTS) is 1. The van der Waals surface area contributed by atoms with Crippen LogP contribution in [0.1, 0.15) is 31.4 Å². The van der Waals surface area contributed by atoms with Gasteiger partial charge in [0.05, 0.1) is 12.6 Å². The molecule has 3 amide bonds. The second-order valence-corrected chi connectivity index (χ2v) is 11.1. The van der Waals surface area contributed by atoms with Crippen molar-refractivity contribution in [3.8, 4) is 0 Å². The van der Waals surface area contributed by atoms with Crippen LogP contribution in [0.3, 0.4) is 0 Å². The number of hydrogen-bond donors (Lipinski definition) is 8. The zero-order valence-corrected chi connectivity index (χ0v) is 24.1. The van der Waals surface area contributed by atoms with Crippen molar-refractivity contribution in [1.29, 1.82) is 0 Å². The molecule has 2 aromatic heterocycles. The Morgan fingerprint density at radius 3 is 1.77 bits per heavy atom. The molecule has 2 heterocycles. The Kier molecular flexibility index (Phi) is 10.2. The quantitative estimate of drug-likeness (QED) is 0.108. The number of amides is 3. The average molecular weight is 591 g/mol. The van der Waals surface area contributed by atoms with Crippen molar-refractivity contribution in [2.24, 2.45) is 11.7 Å². The van der Waals surface area contributed by atoms with Crippen LogP contribution < -0.4 is 21.7 Å². The Bertz CT molecular complexity index is 1590. The highest BCUT2D eigenvalue weighted by Crippen LogP contribution is 2.20. The van der Waals surface area contributed by atoms with E-state index in [1.54, 1.807) is 12.4 Å². The van der Waals surface area contributed by atoms with Gasteiger partial charge in [0, 0.05) is 40.6 Å². The first-order valence-corrected chi connectivity index (χ1v) is 14.2. The molecule has 4 atom stereocenters. The first-order chi connectivity index (χ1) is 20.6. The zero-order chi connectivity index (χ0) is 31.1. The highest BCUT2D eigenvalue weighted by molar-refractivity contribution is 5.95. The maximum Gasteiger partial charge on any atom is 0.326 e. The van der Waals surface area contributed by atoms with Crippen molar-refractivity contribution < 1.29 is 29.4 Å². The van der Waals surface area contributed by atoms with Crippen LogP contribution in [-0.4, -0.2) is 74.6 Å². The van der Waals surface area contributed by atoms with Gasteiger partial charge in [-0.1, -0.05) is 50.2 Å². The number of carboxylic acids is 1. The van der Waals surface area contributed by atoms with Crippen LogP contribution in [0.2, 0.25) is 0 Å². The summed E-state index contributed by atoms with van der Waals surface area (Å²) >= 11 is 0. The number of aliphatic hydroxyl groups is 1. The lowest BCUT2D eigenvalue weighted by Crippen LogP contribution is -2.58. The van der Waals surface area contributed by atoms with E-state index in [1.807, 2.05) is 62.4 Å². The molecule has 12 nitrogen and oxygen atoms in total.